The number of rotatable bonds is 5. The highest BCUT2D eigenvalue weighted by Gasteiger charge is 2.25. The Hall–Kier alpha value is -0.440. The van der Waals surface area contributed by atoms with E-state index in [1.54, 1.807) is 0 Å². The van der Waals surface area contributed by atoms with Crippen LogP contribution in [0.25, 0.3) is 0 Å². The van der Waals surface area contributed by atoms with Crippen molar-refractivity contribution >= 4 is 0 Å². The van der Waals surface area contributed by atoms with Crippen molar-refractivity contribution in [2.24, 2.45) is 0 Å². The lowest BCUT2D eigenvalue weighted by Gasteiger charge is -2.12. The van der Waals surface area contributed by atoms with Crippen LogP contribution in [-0.4, -0.2) is 19.1 Å². The summed E-state index contributed by atoms with van der Waals surface area (Å²) in [6.07, 6.45) is 1.27. The van der Waals surface area contributed by atoms with E-state index in [-0.39, 0.29) is 13.0 Å². The van der Waals surface area contributed by atoms with Gasteiger partial charge in [-0.3, -0.25) is 0 Å². The third kappa shape index (κ3) is 4.44. The molecule has 0 spiro atoms. The molecule has 0 saturated carbocycles. The molecule has 60 valence electrons. The molecule has 1 nitrogen and oxygen atoms in total. The van der Waals surface area contributed by atoms with Crippen molar-refractivity contribution in [3.63, 3.8) is 0 Å². The number of hydrogen-bond acceptors (Lipinski definition) is 1. The molecule has 0 aliphatic heterocycles. The maximum absolute atomic E-state index is 12.3. The van der Waals surface area contributed by atoms with Gasteiger partial charge in [-0.05, 0) is 0 Å². The van der Waals surface area contributed by atoms with Gasteiger partial charge in [0, 0.05) is 6.42 Å². The fraction of sp³-hybridized carbons (Fsp3) is 0.714. The summed E-state index contributed by atoms with van der Waals surface area (Å²) in [7, 11) is 0. The second-order valence-corrected chi connectivity index (χ2v) is 2.01. The normalized spacial score (nSPS) is 11.5. The van der Waals surface area contributed by atoms with Gasteiger partial charge < -0.3 is 4.74 Å². The highest BCUT2D eigenvalue weighted by atomic mass is 19.3. The number of halogens is 2. The van der Waals surface area contributed by atoms with Crippen molar-refractivity contribution in [1.29, 1.82) is 0 Å². The topological polar surface area (TPSA) is 9.23 Å². The second kappa shape index (κ2) is 4.39. The molecule has 0 fully saturated rings. The van der Waals surface area contributed by atoms with E-state index in [1.165, 1.54) is 13.0 Å². The quantitative estimate of drug-likeness (QED) is 0.431. The molecule has 0 aromatic heterocycles. The molecule has 10 heavy (non-hydrogen) atoms. The number of ether oxygens (including phenoxy) is 1. The molecule has 0 saturated heterocycles. The van der Waals surface area contributed by atoms with Gasteiger partial charge in [0.05, 0.1) is 6.61 Å². The molecule has 0 amide bonds. The van der Waals surface area contributed by atoms with Gasteiger partial charge in [0.15, 0.2) is 0 Å². The number of alkyl halides is 2. The molecule has 0 unspecified atom stereocenters. The molecule has 0 aromatic rings. The minimum atomic E-state index is -2.68. The first-order chi connectivity index (χ1) is 4.62. The van der Waals surface area contributed by atoms with E-state index in [2.05, 4.69) is 11.3 Å². The largest absolute Gasteiger partial charge is 0.371 e. The van der Waals surface area contributed by atoms with Crippen LogP contribution in [0, 0.1) is 0 Å². The summed E-state index contributed by atoms with van der Waals surface area (Å²) < 4.78 is 29.2. The van der Waals surface area contributed by atoms with Gasteiger partial charge in [-0.25, -0.2) is 8.78 Å². The van der Waals surface area contributed by atoms with E-state index in [4.69, 9.17) is 0 Å². The molecule has 0 rings (SSSR count). The smallest absolute Gasteiger partial charge is 0.270 e. The Morgan fingerprint density at radius 1 is 1.60 bits per heavy atom. The predicted octanol–water partition coefficient (Wildman–Crippen LogP) is 2.23. The zero-order valence-electron chi connectivity index (χ0n) is 6.07. The van der Waals surface area contributed by atoms with E-state index in [1.807, 2.05) is 0 Å². The van der Waals surface area contributed by atoms with Crippen molar-refractivity contribution in [3.8, 4) is 0 Å². The van der Waals surface area contributed by atoms with Crippen molar-refractivity contribution < 1.29 is 13.5 Å². The Bertz CT molecular complexity index is 102. The molecular weight excluding hydrogens is 138 g/mol. The fourth-order valence-corrected chi connectivity index (χ4v) is 0.394. The lowest BCUT2D eigenvalue weighted by atomic mass is 10.3. The van der Waals surface area contributed by atoms with Crippen LogP contribution < -0.4 is 0 Å². The summed E-state index contributed by atoms with van der Waals surface area (Å²) in [6, 6.07) is 0. The first kappa shape index (κ1) is 9.56. The summed E-state index contributed by atoms with van der Waals surface area (Å²) in [5.41, 5.74) is 0. The third-order valence-electron chi connectivity index (χ3n) is 1.07. The van der Waals surface area contributed by atoms with Crippen LogP contribution in [-0.2, 0) is 4.74 Å². The predicted molar refractivity (Wildman–Crippen MR) is 36.3 cm³/mol. The van der Waals surface area contributed by atoms with Crippen molar-refractivity contribution in [2.45, 2.75) is 19.3 Å². The van der Waals surface area contributed by atoms with Gasteiger partial charge in [0.1, 0.15) is 6.61 Å². The fourth-order valence-electron chi connectivity index (χ4n) is 0.394. The second-order valence-electron chi connectivity index (χ2n) is 2.01. The molecule has 0 radical (unpaired) electrons. The maximum Gasteiger partial charge on any atom is 0.270 e. The Morgan fingerprint density at radius 2 is 2.20 bits per heavy atom. The first-order valence-electron chi connectivity index (χ1n) is 3.19. The Kier molecular flexibility index (Phi) is 4.19. The summed E-state index contributed by atoms with van der Waals surface area (Å²) in [5.74, 6) is -2.68. The van der Waals surface area contributed by atoms with Crippen LogP contribution in [0.3, 0.4) is 0 Å². The standard InChI is InChI=1S/C7H12F2O/c1-3-5-10-6-7(8,9)4-2/h3H,1,4-6H2,2H3. The lowest BCUT2D eigenvalue weighted by Crippen LogP contribution is -2.22. The van der Waals surface area contributed by atoms with E-state index >= 15 is 0 Å². The third-order valence-corrected chi connectivity index (χ3v) is 1.07. The van der Waals surface area contributed by atoms with E-state index < -0.39 is 12.5 Å². The molecule has 0 aromatic carbocycles. The van der Waals surface area contributed by atoms with Gasteiger partial charge in [-0.1, -0.05) is 13.0 Å². The van der Waals surface area contributed by atoms with Gasteiger partial charge in [0.2, 0.25) is 0 Å². The molecule has 0 aliphatic rings. The van der Waals surface area contributed by atoms with Crippen LogP contribution in [0.15, 0.2) is 12.7 Å². The average molecular weight is 150 g/mol. The molecule has 0 aliphatic carbocycles. The van der Waals surface area contributed by atoms with Crippen molar-refractivity contribution in [1.82, 2.24) is 0 Å². The minimum Gasteiger partial charge on any atom is -0.371 e. The molecule has 3 heteroatoms. The maximum atomic E-state index is 12.3. The monoisotopic (exact) mass is 150 g/mol. The van der Waals surface area contributed by atoms with Crippen molar-refractivity contribution in [3.05, 3.63) is 12.7 Å². The molecule has 0 atom stereocenters. The highest BCUT2D eigenvalue weighted by molar-refractivity contribution is 4.67. The lowest BCUT2D eigenvalue weighted by molar-refractivity contribution is -0.0733. The Balaban J connectivity index is 3.36. The van der Waals surface area contributed by atoms with E-state index in [9.17, 15) is 8.78 Å². The molecule has 0 N–H and O–H groups in total. The van der Waals surface area contributed by atoms with Crippen LogP contribution >= 0.6 is 0 Å². The molecule has 0 bridgehead atoms. The summed E-state index contributed by atoms with van der Waals surface area (Å²) in [5, 5.41) is 0. The van der Waals surface area contributed by atoms with Crippen molar-refractivity contribution in [2.75, 3.05) is 13.2 Å². The van der Waals surface area contributed by atoms with E-state index in [0.29, 0.717) is 0 Å². The zero-order valence-corrected chi connectivity index (χ0v) is 6.07. The molecule has 0 heterocycles. The number of hydrogen-bond donors (Lipinski definition) is 0. The summed E-state index contributed by atoms with van der Waals surface area (Å²) >= 11 is 0. The minimum absolute atomic E-state index is 0.176. The van der Waals surface area contributed by atoms with Crippen LogP contribution in [0.2, 0.25) is 0 Å². The van der Waals surface area contributed by atoms with Gasteiger partial charge in [0.25, 0.3) is 5.92 Å². The highest BCUT2D eigenvalue weighted by Crippen LogP contribution is 2.17. The van der Waals surface area contributed by atoms with E-state index in [0.717, 1.165) is 0 Å². The summed E-state index contributed by atoms with van der Waals surface area (Å²) in [6.45, 7) is 4.45. The molecular formula is C7H12F2O. The van der Waals surface area contributed by atoms with Crippen LogP contribution in [0.4, 0.5) is 8.78 Å². The first-order valence-corrected chi connectivity index (χ1v) is 3.19. The van der Waals surface area contributed by atoms with Gasteiger partial charge >= 0.3 is 0 Å². The van der Waals surface area contributed by atoms with Gasteiger partial charge in [-0.2, -0.15) is 0 Å². The van der Waals surface area contributed by atoms with Gasteiger partial charge in [-0.15, -0.1) is 6.58 Å². The zero-order chi connectivity index (χ0) is 8.04. The van der Waals surface area contributed by atoms with Crippen LogP contribution in [0.5, 0.6) is 0 Å². The Labute approximate surface area is 59.7 Å². The summed E-state index contributed by atoms with van der Waals surface area (Å²) in [4.78, 5) is 0. The van der Waals surface area contributed by atoms with Crippen LogP contribution in [0.1, 0.15) is 13.3 Å². The average Bonchev–Trinajstić information content (AvgIpc) is 1.89. The SMILES string of the molecule is C=CCOCC(F)(F)CC. The Morgan fingerprint density at radius 3 is 2.60 bits per heavy atom.